The van der Waals surface area contributed by atoms with Crippen molar-refractivity contribution in [3.8, 4) is 0 Å². The first-order valence-corrected chi connectivity index (χ1v) is 6.81. The van der Waals surface area contributed by atoms with Crippen molar-refractivity contribution in [1.82, 2.24) is 4.90 Å². The van der Waals surface area contributed by atoms with E-state index < -0.39 is 11.2 Å². The van der Waals surface area contributed by atoms with Crippen LogP contribution in [0.5, 0.6) is 0 Å². The molecule has 0 aromatic heterocycles. The third kappa shape index (κ3) is 3.02. The average Bonchev–Trinajstić information content (AvgIpc) is 2.66. The number of carbonyl (C=O) groups excluding carboxylic acids is 1. The van der Waals surface area contributed by atoms with Gasteiger partial charge in [-0.3, -0.25) is 4.79 Å². The van der Waals surface area contributed by atoms with Crippen molar-refractivity contribution in [2.75, 3.05) is 13.1 Å². The lowest BCUT2D eigenvalue weighted by molar-refractivity contribution is -0.130. The Labute approximate surface area is 112 Å². The van der Waals surface area contributed by atoms with Crippen LogP contribution in [0.15, 0.2) is 24.3 Å². The molecule has 1 atom stereocenters. The Balaban J connectivity index is 2.10. The zero-order valence-corrected chi connectivity index (χ0v) is 11.0. The Bertz CT molecular complexity index is 416. The predicted octanol–water partition coefficient (Wildman–Crippen LogP) is 3.51. The van der Waals surface area contributed by atoms with E-state index in [0.717, 1.165) is 38.8 Å². The summed E-state index contributed by atoms with van der Waals surface area (Å²) in [6.07, 6.45) is 4.31. The van der Waals surface area contributed by atoms with Gasteiger partial charge in [-0.1, -0.05) is 31.0 Å². The Morgan fingerprint density at radius 3 is 2.39 bits per heavy atom. The van der Waals surface area contributed by atoms with E-state index in [0.29, 0.717) is 0 Å². The highest BCUT2D eigenvalue weighted by Gasteiger charge is 2.26. The molecule has 0 bridgehead atoms. The molecule has 1 aliphatic heterocycles. The molecule has 0 saturated carbocycles. The third-order valence-corrected chi connectivity index (χ3v) is 3.73. The van der Waals surface area contributed by atoms with Crippen molar-refractivity contribution in [1.29, 1.82) is 0 Å². The Hall–Kier alpha value is -1.09. The van der Waals surface area contributed by atoms with Crippen molar-refractivity contribution in [3.63, 3.8) is 0 Å². The van der Waals surface area contributed by atoms with Crippen LogP contribution in [-0.2, 0) is 4.79 Å². The van der Waals surface area contributed by atoms with Crippen molar-refractivity contribution >= 4 is 17.5 Å². The second-order valence-electron chi connectivity index (χ2n) is 4.62. The molecule has 0 aliphatic carbocycles. The fourth-order valence-corrected chi connectivity index (χ4v) is 2.58. The molecule has 1 aromatic carbocycles. The molecule has 4 heteroatoms. The van der Waals surface area contributed by atoms with Crippen LogP contribution in [0.2, 0.25) is 0 Å². The fraction of sp³-hybridized carbons (Fsp3) is 0.500. The Morgan fingerprint density at radius 1 is 1.17 bits per heavy atom. The third-order valence-electron chi connectivity index (χ3n) is 3.31. The number of nitrogens with zero attached hydrogens (tertiary/aromatic N) is 1. The summed E-state index contributed by atoms with van der Waals surface area (Å²) >= 11 is 6.12. The number of amides is 1. The van der Waals surface area contributed by atoms with E-state index in [-0.39, 0.29) is 11.5 Å². The number of hydrogen-bond donors (Lipinski definition) is 0. The van der Waals surface area contributed by atoms with Crippen LogP contribution < -0.4 is 0 Å². The first-order valence-electron chi connectivity index (χ1n) is 6.37. The van der Waals surface area contributed by atoms with E-state index in [1.165, 1.54) is 6.07 Å². The van der Waals surface area contributed by atoms with Crippen molar-refractivity contribution in [3.05, 3.63) is 35.6 Å². The summed E-state index contributed by atoms with van der Waals surface area (Å²) in [5.74, 6) is -0.593. The van der Waals surface area contributed by atoms with Gasteiger partial charge in [0.15, 0.2) is 0 Å². The quantitative estimate of drug-likeness (QED) is 0.753. The predicted molar refractivity (Wildman–Crippen MR) is 70.0 cm³/mol. The van der Waals surface area contributed by atoms with E-state index in [4.69, 9.17) is 11.6 Å². The lowest BCUT2D eigenvalue weighted by Gasteiger charge is -2.23. The van der Waals surface area contributed by atoms with Crippen molar-refractivity contribution < 1.29 is 9.18 Å². The average molecular weight is 270 g/mol. The number of hydrogen-bond acceptors (Lipinski definition) is 1. The smallest absolute Gasteiger partial charge is 0.245 e. The first-order chi connectivity index (χ1) is 8.70. The van der Waals surface area contributed by atoms with Crippen molar-refractivity contribution in [2.45, 2.75) is 31.1 Å². The van der Waals surface area contributed by atoms with Gasteiger partial charge < -0.3 is 4.90 Å². The highest BCUT2D eigenvalue weighted by molar-refractivity contribution is 6.30. The molecule has 0 N–H and O–H groups in total. The molecule has 1 aromatic rings. The van der Waals surface area contributed by atoms with Gasteiger partial charge in [0.05, 0.1) is 0 Å². The highest BCUT2D eigenvalue weighted by Crippen LogP contribution is 2.26. The van der Waals surface area contributed by atoms with Gasteiger partial charge in [-0.05, 0) is 18.9 Å². The molecule has 0 radical (unpaired) electrons. The Morgan fingerprint density at radius 2 is 1.78 bits per heavy atom. The second-order valence-corrected chi connectivity index (χ2v) is 5.06. The maximum absolute atomic E-state index is 13.6. The largest absolute Gasteiger partial charge is 0.341 e. The maximum atomic E-state index is 13.6. The summed E-state index contributed by atoms with van der Waals surface area (Å²) in [6.45, 7) is 1.47. The summed E-state index contributed by atoms with van der Waals surface area (Å²) in [5.41, 5.74) is 0.272. The molecule has 1 fully saturated rings. The normalized spacial score (nSPS) is 18.2. The van der Waals surface area contributed by atoms with Gasteiger partial charge in [0, 0.05) is 18.7 Å². The molecular formula is C14H17ClFNO. The molecule has 1 heterocycles. The molecular weight excluding hydrogens is 253 g/mol. The zero-order chi connectivity index (χ0) is 13.0. The molecule has 1 aliphatic rings. The molecule has 1 amide bonds. The number of halogens is 2. The molecule has 18 heavy (non-hydrogen) atoms. The van der Waals surface area contributed by atoms with Gasteiger partial charge >= 0.3 is 0 Å². The summed E-state index contributed by atoms with van der Waals surface area (Å²) in [6, 6.07) is 6.20. The van der Waals surface area contributed by atoms with Crippen LogP contribution in [0.1, 0.15) is 36.6 Å². The van der Waals surface area contributed by atoms with Crippen LogP contribution in [-0.4, -0.2) is 23.9 Å². The second kappa shape index (κ2) is 6.19. The van der Waals surface area contributed by atoms with Gasteiger partial charge in [0.25, 0.3) is 0 Å². The van der Waals surface area contributed by atoms with Crippen LogP contribution in [0.4, 0.5) is 4.39 Å². The SMILES string of the molecule is O=C(C(Cl)c1ccccc1F)N1CCCCCC1. The van der Waals surface area contributed by atoms with Gasteiger partial charge in [-0.2, -0.15) is 0 Å². The summed E-state index contributed by atoms with van der Waals surface area (Å²) in [7, 11) is 0. The topological polar surface area (TPSA) is 20.3 Å². The highest BCUT2D eigenvalue weighted by atomic mass is 35.5. The standard InChI is InChI=1S/C14H17ClFNO/c15-13(11-7-3-4-8-12(11)16)14(18)17-9-5-1-2-6-10-17/h3-4,7-8,13H,1-2,5-6,9-10H2. The zero-order valence-electron chi connectivity index (χ0n) is 10.2. The van der Waals surface area contributed by atoms with Crippen LogP contribution in [0.25, 0.3) is 0 Å². The fourth-order valence-electron chi connectivity index (χ4n) is 2.27. The lowest BCUT2D eigenvalue weighted by atomic mass is 10.1. The molecule has 1 saturated heterocycles. The van der Waals surface area contributed by atoms with Crippen molar-refractivity contribution in [2.24, 2.45) is 0 Å². The summed E-state index contributed by atoms with van der Waals surface area (Å²) < 4.78 is 13.6. The van der Waals surface area contributed by atoms with E-state index in [9.17, 15) is 9.18 Å². The molecule has 1 unspecified atom stereocenters. The maximum Gasteiger partial charge on any atom is 0.245 e. The van der Waals surface area contributed by atoms with E-state index in [1.807, 2.05) is 0 Å². The van der Waals surface area contributed by atoms with E-state index in [2.05, 4.69) is 0 Å². The minimum atomic E-state index is -0.913. The van der Waals surface area contributed by atoms with E-state index >= 15 is 0 Å². The number of alkyl halides is 1. The first kappa shape index (κ1) is 13.3. The Kier molecular flexibility index (Phi) is 4.59. The number of benzene rings is 1. The minimum absolute atomic E-state index is 0.177. The molecule has 2 rings (SSSR count). The van der Waals surface area contributed by atoms with Crippen LogP contribution >= 0.6 is 11.6 Å². The molecule has 0 spiro atoms. The summed E-state index contributed by atoms with van der Waals surface area (Å²) in [4.78, 5) is 14.0. The summed E-state index contributed by atoms with van der Waals surface area (Å²) in [5, 5.41) is -0.913. The van der Waals surface area contributed by atoms with Gasteiger partial charge in [-0.25, -0.2) is 4.39 Å². The van der Waals surface area contributed by atoms with Gasteiger partial charge in [0.2, 0.25) is 5.91 Å². The van der Waals surface area contributed by atoms with Crippen LogP contribution in [0, 0.1) is 5.82 Å². The lowest BCUT2D eigenvalue weighted by Crippen LogP contribution is -2.34. The monoisotopic (exact) mass is 269 g/mol. The molecule has 98 valence electrons. The van der Waals surface area contributed by atoms with Gasteiger partial charge in [-0.15, -0.1) is 11.6 Å². The minimum Gasteiger partial charge on any atom is -0.341 e. The van der Waals surface area contributed by atoms with Crippen LogP contribution in [0.3, 0.4) is 0 Å². The number of rotatable bonds is 2. The number of carbonyl (C=O) groups is 1. The number of likely N-dealkylation sites (tertiary alicyclic amines) is 1. The van der Waals surface area contributed by atoms with Gasteiger partial charge in [0.1, 0.15) is 11.2 Å². The van der Waals surface area contributed by atoms with E-state index in [1.54, 1.807) is 23.1 Å². The molecule has 2 nitrogen and oxygen atoms in total.